The lowest BCUT2D eigenvalue weighted by Gasteiger charge is -2.21. The van der Waals surface area contributed by atoms with Crippen molar-refractivity contribution in [3.05, 3.63) is 0 Å². The molecule has 0 saturated heterocycles. The minimum absolute atomic E-state index is 0.105. The van der Waals surface area contributed by atoms with Crippen molar-refractivity contribution in [2.75, 3.05) is 39.6 Å². The Labute approximate surface area is 492 Å². The topological polar surface area (TPSA) is 237 Å². The van der Waals surface area contributed by atoms with Crippen LogP contribution >= 0.6 is 15.6 Å². The smallest absolute Gasteiger partial charge is 0.462 e. The molecule has 480 valence electrons. The van der Waals surface area contributed by atoms with Crippen LogP contribution in [0.15, 0.2) is 0 Å². The van der Waals surface area contributed by atoms with Crippen LogP contribution < -0.4 is 0 Å². The molecule has 0 radical (unpaired) electrons. The van der Waals surface area contributed by atoms with Gasteiger partial charge < -0.3 is 33.8 Å². The van der Waals surface area contributed by atoms with Crippen LogP contribution in [0, 0.1) is 11.8 Å². The summed E-state index contributed by atoms with van der Waals surface area (Å²) in [6.45, 7) is 9.37. The third-order valence-corrected chi connectivity index (χ3v) is 16.1. The maximum Gasteiger partial charge on any atom is 0.472 e. The van der Waals surface area contributed by atoms with Crippen LogP contribution in [-0.2, 0) is 65.4 Å². The van der Waals surface area contributed by atoms with Gasteiger partial charge in [0.25, 0.3) is 0 Å². The summed E-state index contributed by atoms with van der Waals surface area (Å²) >= 11 is 0. The van der Waals surface area contributed by atoms with Gasteiger partial charge in [-0.05, 0) is 37.5 Å². The van der Waals surface area contributed by atoms with Gasteiger partial charge in [0.2, 0.25) is 0 Å². The quantitative estimate of drug-likeness (QED) is 0.0222. The fourth-order valence-electron chi connectivity index (χ4n) is 9.18. The second-order valence-corrected chi connectivity index (χ2v) is 26.3. The normalized spacial score (nSPS) is 14.4. The van der Waals surface area contributed by atoms with Crippen molar-refractivity contribution in [3.8, 4) is 0 Å². The van der Waals surface area contributed by atoms with Crippen LogP contribution in [-0.4, -0.2) is 96.7 Å². The lowest BCUT2D eigenvalue weighted by molar-refractivity contribution is -0.161. The summed E-state index contributed by atoms with van der Waals surface area (Å²) in [5.74, 6) is -0.638. The number of unbranched alkanes of at least 4 members (excludes halogenated alkanes) is 31. The van der Waals surface area contributed by atoms with Gasteiger partial charge in [-0.25, -0.2) is 9.13 Å². The molecule has 5 atom stereocenters. The Kier molecular flexibility index (Phi) is 53.4. The highest BCUT2D eigenvalue weighted by atomic mass is 31.2. The van der Waals surface area contributed by atoms with E-state index in [0.717, 1.165) is 108 Å². The first kappa shape index (κ1) is 79.1. The van der Waals surface area contributed by atoms with Gasteiger partial charge in [-0.1, -0.05) is 253 Å². The summed E-state index contributed by atoms with van der Waals surface area (Å²) in [5.41, 5.74) is 0. The predicted molar refractivity (Wildman–Crippen MR) is 321 cm³/mol. The van der Waals surface area contributed by atoms with Crippen LogP contribution in [0.2, 0.25) is 0 Å². The third-order valence-electron chi connectivity index (χ3n) is 14.2. The number of aliphatic hydroxyl groups excluding tert-OH is 1. The second-order valence-electron chi connectivity index (χ2n) is 23.4. The molecule has 0 aromatic carbocycles. The first-order valence-corrected chi connectivity index (χ1v) is 35.5. The number of hydrogen-bond donors (Lipinski definition) is 3. The Hall–Kier alpha value is -1.94. The number of carbonyl (C=O) groups excluding carboxylic acids is 4. The molecule has 0 saturated carbocycles. The van der Waals surface area contributed by atoms with Gasteiger partial charge in [-0.15, -0.1) is 0 Å². The molecule has 0 amide bonds. The molecule has 3 N–H and O–H groups in total. The molecular weight excluding hydrogens is 1080 g/mol. The van der Waals surface area contributed by atoms with Crippen molar-refractivity contribution in [2.45, 2.75) is 323 Å². The Balaban J connectivity index is 5.18. The number of ether oxygens (including phenoxy) is 4. The molecule has 0 fully saturated rings. The third kappa shape index (κ3) is 56.9. The molecule has 81 heavy (non-hydrogen) atoms. The number of rotatable bonds is 61. The monoisotopic (exact) mass is 1200 g/mol. The maximum atomic E-state index is 13.0. The molecule has 0 aromatic rings. The summed E-state index contributed by atoms with van der Waals surface area (Å²) in [7, 11) is -9.87. The van der Waals surface area contributed by atoms with Gasteiger partial charge in [0.1, 0.15) is 19.3 Å². The molecule has 0 aliphatic carbocycles. The van der Waals surface area contributed by atoms with E-state index in [2.05, 4.69) is 41.5 Å². The summed E-state index contributed by atoms with van der Waals surface area (Å²) in [6, 6.07) is 0. The number of phosphoric acid groups is 2. The molecule has 0 aliphatic heterocycles. The van der Waals surface area contributed by atoms with Crippen LogP contribution in [0.4, 0.5) is 0 Å². The molecule has 0 rings (SSSR count). The van der Waals surface area contributed by atoms with E-state index < -0.39 is 97.5 Å². The molecule has 0 aromatic heterocycles. The first-order chi connectivity index (χ1) is 38.9. The Morgan fingerprint density at radius 3 is 0.840 bits per heavy atom. The van der Waals surface area contributed by atoms with Gasteiger partial charge in [-0.2, -0.15) is 0 Å². The molecule has 19 heteroatoms. The molecule has 17 nitrogen and oxygen atoms in total. The zero-order chi connectivity index (χ0) is 60.1. The summed E-state index contributed by atoms with van der Waals surface area (Å²) in [4.78, 5) is 71.9. The van der Waals surface area contributed by atoms with E-state index in [1.54, 1.807) is 0 Å². The Morgan fingerprint density at radius 2 is 0.568 bits per heavy atom. The van der Waals surface area contributed by atoms with Crippen LogP contribution in [0.1, 0.15) is 305 Å². The largest absolute Gasteiger partial charge is 0.472 e. The summed E-state index contributed by atoms with van der Waals surface area (Å²) in [5, 5.41) is 10.5. The molecule has 2 unspecified atom stereocenters. The van der Waals surface area contributed by atoms with E-state index in [0.29, 0.717) is 25.7 Å². The van der Waals surface area contributed by atoms with Gasteiger partial charge in [-0.3, -0.25) is 37.3 Å². The lowest BCUT2D eigenvalue weighted by Crippen LogP contribution is -2.30. The number of carbonyl (C=O) groups is 4. The Bertz CT molecular complexity index is 1600. The molecule has 0 heterocycles. The van der Waals surface area contributed by atoms with Crippen LogP contribution in [0.5, 0.6) is 0 Å². The van der Waals surface area contributed by atoms with E-state index in [4.69, 9.17) is 37.0 Å². The maximum absolute atomic E-state index is 13.0. The first-order valence-electron chi connectivity index (χ1n) is 32.5. The number of esters is 4. The van der Waals surface area contributed by atoms with Crippen LogP contribution in [0.3, 0.4) is 0 Å². The van der Waals surface area contributed by atoms with E-state index >= 15 is 0 Å². The predicted octanol–water partition coefficient (Wildman–Crippen LogP) is 16.9. The lowest BCUT2D eigenvalue weighted by atomic mass is 10.0. The van der Waals surface area contributed by atoms with Gasteiger partial charge in [0.05, 0.1) is 26.4 Å². The van der Waals surface area contributed by atoms with Crippen molar-refractivity contribution < 1.29 is 80.2 Å². The van der Waals surface area contributed by atoms with Gasteiger partial charge in [0, 0.05) is 25.7 Å². The highest BCUT2D eigenvalue weighted by molar-refractivity contribution is 7.47. The number of hydrogen-bond acceptors (Lipinski definition) is 15. The van der Waals surface area contributed by atoms with Crippen LogP contribution in [0.25, 0.3) is 0 Å². The fraction of sp³-hybridized carbons (Fsp3) is 0.935. The minimum Gasteiger partial charge on any atom is -0.462 e. The van der Waals surface area contributed by atoms with E-state index in [9.17, 15) is 43.2 Å². The van der Waals surface area contributed by atoms with Gasteiger partial charge in [0.15, 0.2) is 12.2 Å². The zero-order valence-corrected chi connectivity index (χ0v) is 53.9. The standard InChI is InChI=1S/C62H120O17P2/c1-7-9-11-13-14-15-22-28-34-40-46-61(66)78-57(50-72-59(64)44-38-30-12-10-8-2)52-76-80(68,69)74-48-56(63)49-75-81(70,71)77-53-58(51-73-60(65)45-39-33-27-24-19-21-26-32-37-43-55(5)6)79-62(67)47-41-35-29-23-18-16-17-20-25-31-36-42-54(3)4/h54-58,63H,7-53H2,1-6H3,(H,68,69)(H,70,71)/t56-,57+,58+/m0/s1. The minimum atomic E-state index is -4.94. The highest BCUT2D eigenvalue weighted by Crippen LogP contribution is 2.45. The van der Waals surface area contributed by atoms with Gasteiger partial charge >= 0.3 is 39.5 Å². The summed E-state index contributed by atoms with van der Waals surface area (Å²) in [6.07, 6.45) is 36.5. The van der Waals surface area contributed by atoms with Crippen molar-refractivity contribution in [1.29, 1.82) is 0 Å². The van der Waals surface area contributed by atoms with E-state index in [1.807, 2.05) is 0 Å². The average molecular weight is 1200 g/mol. The summed E-state index contributed by atoms with van der Waals surface area (Å²) < 4.78 is 67.7. The SMILES string of the molecule is CCCCCCCCCCCCC(=O)O[C@H](COC(=O)CCCCCCC)COP(=O)(O)OC[C@H](O)COP(=O)(O)OC[C@@H](COC(=O)CCCCCCCCCCCC(C)C)OC(=O)CCCCCCCCCCCCCC(C)C. The fourth-order valence-corrected chi connectivity index (χ4v) is 10.8. The average Bonchev–Trinajstić information content (AvgIpc) is 3.43. The van der Waals surface area contributed by atoms with Crippen molar-refractivity contribution in [2.24, 2.45) is 11.8 Å². The second kappa shape index (κ2) is 54.7. The Morgan fingerprint density at radius 1 is 0.333 bits per heavy atom. The molecular formula is C62H120O17P2. The molecule has 0 spiro atoms. The van der Waals surface area contributed by atoms with Crippen molar-refractivity contribution >= 4 is 39.5 Å². The van der Waals surface area contributed by atoms with E-state index in [1.165, 1.54) is 116 Å². The molecule has 0 bridgehead atoms. The van der Waals surface area contributed by atoms with E-state index in [-0.39, 0.29) is 25.7 Å². The van der Waals surface area contributed by atoms with Crippen molar-refractivity contribution in [3.63, 3.8) is 0 Å². The molecule has 0 aliphatic rings. The zero-order valence-electron chi connectivity index (χ0n) is 52.1. The number of phosphoric ester groups is 2. The highest BCUT2D eigenvalue weighted by Gasteiger charge is 2.30. The number of aliphatic hydroxyl groups is 1. The van der Waals surface area contributed by atoms with Crippen molar-refractivity contribution in [1.82, 2.24) is 0 Å².